The van der Waals surface area contributed by atoms with Crippen LogP contribution in [0, 0.1) is 10.1 Å². The summed E-state index contributed by atoms with van der Waals surface area (Å²) in [5, 5.41) is 16.6. The number of carbonyl (C=O) groups excluding carboxylic acids is 2. The van der Waals surface area contributed by atoms with Gasteiger partial charge in [0.2, 0.25) is 5.91 Å². The van der Waals surface area contributed by atoms with E-state index in [-0.39, 0.29) is 22.2 Å². The van der Waals surface area contributed by atoms with E-state index in [0.29, 0.717) is 16.4 Å². The fraction of sp³-hybridized carbons (Fsp3) is 0.0370. The van der Waals surface area contributed by atoms with Crippen LogP contribution in [0.1, 0.15) is 21.2 Å². The number of benzene rings is 4. The molecule has 0 heterocycles. The van der Waals surface area contributed by atoms with Gasteiger partial charge in [-0.2, -0.15) is 0 Å². The number of thioether (sulfide) groups is 1. The number of nitro groups is 1. The van der Waals surface area contributed by atoms with Crippen molar-refractivity contribution in [2.45, 2.75) is 10.1 Å². The molecule has 0 aliphatic heterocycles. The van der Waals surface area contributed by atoms with Gasteiger partial charge in [-0.1, -0.05) is 71.7 Å². The fourth-order valence-electron chi connectivity index (χ4n) is 3.45. The van der Waals surface area contributed by atoms with Crippen molar-refractivity contribution in [3.8, 4) is 0 Å². The fourth-order valence-corrected chi connectivity index (χ4v) is 4.88. The molecule has 4 aromatic rings. The first kappa shape index (κ1) is 26.2. The van der Waals surface area contributed by atoms with Crippen molar-refractivity contribution in [1.82, 2.24) is 0 Å². The Balaban J connectivity index is 1.55. The highest BCUT2D eigenvalue weighted by Crippen LogP contribution is 2.38. The van der Waals surface area contributed by atoms with Crippen LogP contribution >= 0.6 is 35.0 Å². The van der Waals surface area contributed by atoms with Gasteiger partial charge in [0.1, 0.15) is 5.25 Å². The van der Waals surface area contributed by atoms with Crippen molar-refractivity contribution in [2.75, 3.05) is 10.6 Å². The number of nitrogens with zero attached hydrogens (tertiary/aromatic N) is 1. The second-order valence-electron chi connectivity index (χ2n) is 7.79. The maximum Gasteiger partial charge on any atom is 0.270 e. The Bertz CT molecular complexity index is 1470. The smallest absolute Gasteiger partial charge is 0.270 e. The number of halogens is 2. The summed E-state index contributed by atoms with van der Waals surface area (Å²) in [4.78, 5) is 37.2. The number of anilines is 2. The van der Waals surface area contributed by atoms with E-state index in [2.05, 4.69) is 10.6 Å². The second-order valence-corrected chi connectivity index (χ2v) is 9.75. The second kappa shape index (κ2) is 11.9. The molecule has 4 rings (SSSR count). The summed E-state index contributed by atoms with van der Waals surface area (Å²) in [7, 11) is 0. The maximum atomic E-state index is 13.4. The summed E-state index contributed by atoms with van der Waals surface area (Å²) < 4.78 is 0. The van der Waals surface area contributed by atoms with Gasteiger partial charge in [-0.3, -0.25) is 19.7 Å². The molecule has 7 nitrogen and oxygen atoms in total. The van der Waals surface area contributed by atoms with Crippen molar-refractivity contribution in [2.24, 2.45) is 0 Å². The average Bonchev–Trinajstić information content (AvgIpc) is 2.90. The number of nitrogens with one attached hydrogen (secondary N) is 2. The number of amides is 2. The summed E-state index contributed by atoms with van der Waals surface area (Å²) in [6.45, 7) is 0. The molecule has 0 bridgehead atoms. The van der Waals surface area contributed by atoms with E-state index in [4.69, 9.17) is 23.2 Å². The van der Waals surface area contributed by atoms with Crippen molar-refractivity contribution in [3.63, 3.8) is 0 Å². The Morgan fingerprint density at radius 1 is 0.838 bits per heavy atom. The lowest BCUT2D eigenvalue weighted by atomic mass is 10.1. The highest BCUT2D eigenvalue weighted by Gasteiger charge is 2.23. The first-order valence-corrected chi connectivity index (χ1v) is 12.6. The van der Waals surface area contributed by atoms with Gasteiger partial charge in [0.25, 0.3) is 11.6 Å². The van der Waals surface area contributed by atoms with Crippen molar-refractivity contribution in [1.29, 1.82) is 0 Å². The molecule has 10 heteroatoms. The zero-order chi connectivity index (χ0) is 26.4. The van der Waals surface area contributed by atoms with E-state index in [9.17, 15) is 19.7 Å². The molecular formula is C27H19Cl2N3O4S. The zero-order valence-electron chi connectivity index (χ0n) is 19.1. The Hall–Kier alpha value is -3.85. The first-order valence-electron chi connectivity index (χ1n) is 10.9. The molecule has 0 aliphatic rings. The lowest BCUT2D eigenvalue weighted by molar-refractivity contribution is -0.384. The van der Waals surface area contributed by atoms with Gasteiger partial charge in [0, 0.05) is 28.3 Å². The van der Waals surface area contributed by atoms with Crippen LogP contribution in [0.5, 0.6) is 0 Å². The third kappa shape index (κ3) is 6.68. The Kier molecular flexibility index (Phi) is 8.45. The van der Waals surface area contributed by atoms with Crippen molar-refractivity contribution >= 4 is 63.8 Å². The molecule has 1 atom stereocenters. The summed E-state index contributed by atoms with van der Waals surface area (Å²) >= 11 is 13.7. The molecule has 2 amide bonds. The summed E-state index contributed by atoms with van der Waals surface area (Å²) in [6, 6.07) is 26.7. The van der Waals surface area contributed by atoms with Gasteiger partial charge in [0.05, 0.1) is 20.7 Å². The predicted octanol–water partition coefficient (Wildman–Crippen LogP) is 7.63. The van der Waals surface area contributed by atoms with E-state index in [1.165, 1.54) is 36.0 Å². The number of hydrogen-bond donors (Lipinski definition) is 2. The molecule has 2 N–H and O–H groups in total. The Morgan fingerprint density at radius 3 is 2.32 bits per heavy atom. The van der Waals surface area contributed by atoms with Crippen molar-refractivity contribution in [3.05, 3.63) is 128 Å². The van der Waals surface area contributed by atoms with Gasteiger partial charge in [-0.15, -0.1) is 11.8 Å². The molecule has 0 fully saturated rings. The minimum absolute atomic E-state index is 0.159. The SMILES string of the molecule is O=C(Nc1cccc(SC(C(=O)Nc2cccc(Cl)c2Cl)c2ccccc2)c1)c1cccc([N+](=O)[O-])c1. The summed E-state index contributed by atoms with van der Waals surface area (Å²) in [6.07, 6.45) is 0. The molecule has 0 aromatic heterocycles. The van der Waals surface area contributed by atoms with Gasteiger partial charge in [0.15, 0.2) is 0 Å². The quantitative estimate of drug-likeness (QED) is 0.133. The highest BCUT2D eigenvalue weighted by atomic mass is 35.5. The molecule has 186 valence electrons. The van der Waals surface area contributed by atoms with E-state index in [1.54, 1.807) is 36.4 Å². The standard InChI is InChI=1S/C27H19Cl2N3O4S/c28-22-13-6-14-23(24(22)29)31-27(34)25(17-7-2-1-3-8-17)37-21-12-5-10-19(16-21)30-26(33)18-9-4-11-20(15-18)32(35)36/h1-16,25H,(H,30,33)(H,31,34). The summed E-state index contributed by atoms with van der Waals surface area (Å²) in [5.74, 6) is -0.787. The molecule has 1 unspecified atom stereocenters. The predicted molar refractivity (Wildman–Crippen MR) is 148 cm³/mol. The Morgan fingerprint density at radius 2 is 1.57 bits per heavy atom. The van der Waals surface area contributed by atoms with Gasteiger partial charge in [-0.25, -0.2) is 0 Å². The van der Waals surface area contributed by atoms with Crippen LogP contribution in [0.2, 0.25) is 10.0 Å². The van der Waals surface area contributed by atoms with E-state index in [1.807, 2.05) is 36.4 Å². The molecule has 0 radical (unpaired) electrons. The van der Waals surface area contributed by atoms with Gasteiger partial charge < -0.3 is 10.6 Å². The van der Waals surface area contributed by atoms with E-state index in [0.717, 1.165) is 10.5 Å². The topological polar surface area (TPSA) is 101 Å². The van der Waals surface area contributed by atoms with Crippen LogP contribution in [-0.4, -0.2) is 16.7 Å². The van der Waals surface area contributed by atoms with Gasteiger partial charge >= 0.3 is 0 Å². The van der Waals surface area contributed by atoms with Crippen molar-refractivity contribution < 1.29 is 14.5 Å². The normalized spacial score (nSPS) is 11.4. The zero-order valence-corrected chi connectivity index (χ0v) is 21.4. The monoisotopic (exact) mass is 551 g/mol. The summed E-state index contributed by atoms with van der Waals surface area (Å²) in [5.41, 5.74) is 1.64. The minimum atomic E-state index is -0.640. The molecule has 0 saturated heterocycles. The average molecular weight is 552 g/mol. The minimum Gasteiger partial charge on any atom is -0.323 e. The van der Waals surface area contributed by atoms with Crippen LogP contribution in [0.4, 0.5) is 17.1 Å². The molecule has 0 aliphatic carbocycles. The third-order valence-electron chi connectivity index (χ3n) is 5.21. The van der Waals surface area contributed by atoms with E-state index >= 15 is 0 Å². The van der Waals surface area contributed by atoms with Gasteiger partial charge in [-0.05, 0) is 42.0 Å². The highest BCUT2D eigenvalue weighted by molar-refractivity contribution is 8.00. The van der Waals surface area contributed by atoms with Crippen LogP contribution in [0.25, 0.3) is 0 Å². The van der Waals surface area contributed by atoms with Crippen LogP contribution < -0.4 is 10.6 Å². The number of nitro benzene ring substituents is 1. The molecule has 4 aromatic carbocycles. The van der Waals surface area contributed by atoms with Crippen LogP contribution in [0.3, 0.4) is 0 Å². The molecular weight excluding hydrogens is 533 g/mol. The molecule has 37 heavy (non-hydrogen) atoms. The lowest BCUT2D eigenvalue weighted by Gasteiger charge is -2.18. The number of hydrogen-bond acceptors (Lipinski definition) is 5. The van der Waals surface area contributed by atoms with Crippen LogP contribution in [-0.2, 0) is 4.79 Å². The number of rotatable bonds is 8. The number of carbonyl (C=O) groups is 2. The van der Waals surface area contributed by atoms with E-state index < -0.39 is 16.1 Å². The molecule has 0 saturated carbocycles. The van der Waals surface area contributed by atoms with Crippen LogP contribution in [0.15, 0.2) is 102 Å². The first-order chi connectivity index (χ1) is 17.8. The number of non-ortho nitro benzene ring substituents is 1. The lowest BCUT2D eigenvalue weighted by Crippen LogP contribution is -2.19. The molecule has 0 spiro atoms. The Labute approximate surface area is 227 Å². The maximum absolute atomic E-state index is 13.4. The third-order valence-corrected chi connectivity index (χ3v) is 7.28. The largest absolute Gasteiger partial charge is 0.323 e.